The fourth-order valence-corrected chi connectivity index (χ4v) is 3.61. The molecule has 0 unspecified atom stereocenters. The summed E-state index contributed by atoms with van der Waals surface area (Å²) in [6.45, 7) is 2.50. The second-order valence-corrected chi connectivity index (χ2v) is 7.27. The van der Waals surface area contributed by atoms with Crippen molar-refractivity contribution in [3.05, 3.63) is 65.2 Å². The highest BCUT2D eigenvalue weighted by molar-refractivity contribution is 6.04. The Labute approximate surface area is 176 Å². The molecule has 1 fully saturated rings. The van der Waals surface area contributed by atoms with Gasteiger partial charge >= 0.3 is 11.9 Å². The maximum Gasteiger partial charge on any atom is 0.339 e. The number of nitrogens with one attached hydrogen (secondary N) is 1. The van der Waals surface area contributed by atoms with Gasteiger partial charge in [0.05, 0.1) is 31.0 Å². The number of rotatable bonds is 6. The largest absolute Gasteiger partial charge is 0.465 e. The third kappa shape index (κ3) is 5.24. The quantitative estimate of drug-likeness (QED) is 0.737. The highest BCUT2D eigenvalue weighted by Gasteiger charge is 2.26. The number of esters is 2. The molecular weight excluding hydrogens is 384 g/mol. The molecule has 158 valence electrons. The third-order valence-electron chi connectivity index (χ3n) is 5.31. The number of benzene rings is 2. The predicted molar refractivity (Wildman–Crippen MR) is 112 cm³/mol. The van der Waals surface area contributed by atoms with Crippen LogP contribution in [0.4, 0.5) is 5.69 Å². The summed E-state index contributed by atoms with van der Waals surface area (Å²) in [5.74, 6) is -1.46. The van der Waals surface area contributed by atoms with Crippen molar-refractivity contribution in [2.45, 2.75) is 19.4 Å². The molecule has 1 aliphatic rings. The van der Waals surface area contributed by atoms with Gasteiger partial charge in [-0.15, -0.1) is 0 Å². The first-order chi connectivity index (χ1) is 14.5. The smallest absolute Gasteiger partial charge is 0.339 e. The minimum absolute atomic E-state index is 0.163. The Kier molecular flexibility index (Phi) is 7.19. The minimum Gasteiger partial charge on any atom is -0.465 e. The van der Waals surface area contributed by atoms with Crippen molar-refractivity contribution in [2.75, 3.05) is 32.6 Å². The van der Waals surface area contributed by atoms with Crippen molar-refractivity contribution in [3.8, 4) is 0 Å². The molecule has 1 heterocycles. The Morgan fingerprint density at radius 2 is 1.63 bits per heavy atom. The number of anilines is 1. The number of carbonyl (C=O) groups excluding carboxylic acids is 3. The van der Waals surface area contributed by atoms with Gasteiger partial charge in [0, 0.05) is 12.5 Å². The fraction of sp³-hybridized carbons (Fsp3) is 0.348. The molecule has 2 aromatic rings. The fourth-order valence-electron chi connectivity index (χ4n) is 3.61. The number of amides is 1. The van der Waals surface area contributed by atoms with Gasteiger partial charge < -0.3 is 14.8 Å². The molecule has 0 saturated carbocycles. The molecule has 1 N–H and O–H groups in total. The number of hydrogen-bond donors (Lipinski definition) is 1. The van der Waals surface area contributed by atoms with E-state index in [-0.39, 0.29) is 28.6 Å². The van der Waals surface area contributed by atoms with E-state index in [1.807, 2.05) is 18.2 Å². The van der Waals surface area contributed by atoms with Gasteiger partial charge in [0.2, 0.25) is 5.91 Å². The summed E-state index contributed by atoms with van der Waals surface area (Å²) in [5.41, 5.74) is 1.95. The van der Waals surface area contributed by atoms with E-state index in [1.165, 1.54) is 38.0 Å². The van der Waals surface area contributed by atoms with Gasteiger partial charge in [-0.25, -0.2) is 9.59 Å². The summed E-state index contributed by atoms with van der Waals surface area (Å²) in [4.78, 5) is 39.1. The number of carbonyl (C=O) groups is 3. The van der Waals surface area contributed by atoms with E-state index in [0.29, 0.717) is 0 Å². The van der Waals surface area contributed by atoms with Crippen LogP contribution < -0.4 is 5.32 Å². The zero-order chi connectivity index (χ0) is 21.5. The summed E-state index contributed by atoms with van der Waals surface area (Å²) in [6.07, 6.45) is 1.45. The normalized spacial score (nSPS) is 14.7. The Balaban J connectivity index is 1.65. The number of ether oxygens (including phenoxy) is 2. The Hall–Kier alpha value is -3.19. The summed E-state index contributed by atoms with van der Waals surface area (Å²) in [5, 5.41) is 2.81. The van der Waals surface area contributed by atoms with Crippen LogP contribution in [0.25, 0.3) is 0 Å². The van der Waals surface area contributed by atoms with Crippen LogP contribution in [-0.4, -0.2) is 50.1 Å². The molecule has 3 rings (SSSR count). The second kappa shape index (κ2) is 10.0. The molecule has 1 aliphatic heterocycles. The maximum atomic E-state index is 12.8. The van der Waals surface area contributed by atoms with Crippen LogP contribution in [0.15, 0.2) is 48.5 Å². The van der Waals surface area contributed by atoms with Crippen molar-refractivity contribution >= 4 is 23.5 Å². The molecule has 1 saturated heterocycles. The van der Waals surface area contributed by atoms with Gasteiger partial charge in [0.15, 0.2) is 0 Å². The maximum absolute atomic E-state index is 12.8. The van der Waals surface area contributed by atoms with E-state index in [4.69, 9.17) is 9.47 Å². The molecule has 1 amide bonds. The average molecular weight is 410 g/mol. The van der Waals surface area contributed by atoms with Gasteiger partial charge in [-0.2, -0.15) is 0 Å². The molecule has 7 nitrogen and oxygen atoms in total. The minimum atomic E-state index is -0.584. The van der Waals surface area contributed by atoms with Gasteiger partial charge in [0.25, 0.3) is 0 Å². The van der Waals surface area contributed by atoms with Crippen molar-refractivity contribution in [2.24, 2.45) is 5.92 Å². The van der Waals surface area contributed by atoms with Crippen LogP contribution in [0, 0.1) is 5.92 Å². The SMILES string of the molecule is COC(=O)c1ccc(C(=O)OC)c(NC(=O)C2CCN(Cc3ccccc3)CC2)c1. The van der Waals surface area contributed by atoms with Crippen LogP contribution in [0.2, 0.25) is 0 Å². The van der Waals surface area contributed by atoms with Crippen LogP contribution in [0.5, 0.6) is 0 Å². The van der Waals surface area contributed by atoms with Crippen molar-refractivity contribution < 1.29 is 23.9 Å². The van der Waals surface area contributed by atoms with Gasteiger partial charge in [-0.1, -0.05) is 30.3 Å². The highest BCUT2D eigenvalue weighted by Crippen LogP contribution is 2.24. The predicted octanol–water partition coefficient (Wildman–Crippen LogP) is 3.11. The molecule has 7 heteroatoms. The molecule has 0 spiro atoms. The first-order valence-corrected chi connectivity index (χ1v) is 9.89. The molecule has 30 heavy (non-hydrogen) atoms. The first-order valence-electron chi connectivity index (χ1n) is 9.89. The molecule has 0 aliphatic carbocycles. The standard InChI is InChI=1S/C23H26N2O5/c1-29-22(27)18-8-9-19(23(28)30-2)20(14-18)24-21(26)17-10-12-25(13-11-17)15-16-6-4-3-5-7-16/h3-9,14,17H,10-13,15H2,1-2H3,(H,24,26). The van der Waals surface area contributed by atoms with Gasteiger partial charge in [0.1, 0.15) is 0 Å². The van der Waals surface area contributed by atoms with E-state index in [2.05, 4.69) is 22.3 Å². The first kappa shape index (κ1) is 21.5. The number of likely N-dealkylation sites (tertiary alicyclic amines) is 1. The number of nitrogens with zero attached hydrogens (tertiary/aromatic N) is 1. The lowest BCUT2D eigenvalue weighted by atomic mass is 9.95. The average Bonchev–Trinajstić information content (AvgIpc) is 2.79. The van der Waals surface area contributed by atoms with Crippen molar-refractivity contribution in [1.29, 1.82) is 0 Å². The molecule has 0 bridgehead atoms. The van der Waals surface area contributed by atoms with E-state index < -0.39 is 11.9 Å². The van der Waals surface area contributed by atoms with Crippen LogP contribution in [0.3, 0.4) is 0 Å². The molecule has 2 aromatic carbocycles. The summed E-state index contributed by atoms with van der Waals surface area (Å²) >= 11 is 0. The van der Waals surface area contributed by atoms with E-state index in [1.54, 1.807) is 0 Å². The molecular formula is C23H26N2O5. The lowest BCUT2D eigenvalue weighted by Crippen LogP contribution is -2.38. The Morgan fingerprint density at radius 1 is 0.967 bits per heavy atom. The Morgan fingerprint density at radius 3 is 2.27 bits per heavy atom. The molecule has 0 radical (unpaired) electrons. The monoisotopic (exact) mass is 410 g/mol. The van der Waals surface area contributed by atoms with Crippen molar-refractivity contribution in [3.63, 3.8) is 0 Å². The summed E-state index contributed by atoms with van der Waals surface area (Å²) in [7, 11) is 2.54. The van der Waals surface area contributed by atoms with Crippen LogP contribution >= 0.6 is 0 Å². The highest BCUT2D eigenvalue weighted by atomic mass is 16.5. The van der Waals surface area contributed by atoms with Gasteiger partial charge in [-0.05, 0) is 49.7 Å². The summed E-state index contributed by atoms with van der Waals surface area (Å²) in [6, 6.07) is 14.6. The van der Waals surface area contributed by atoms with Gasteiger partial charge in [-0.3, -0.25) is 9.69 Å². The van der Waals surface area contributed by atoms with E-state index >= 15 is 0 Å². The lowest BCUT2D eigenvalue weighted by molar-refractivity contribution is -0.121. The second-order valence-electron chi connectivity index (χ2n) is 7.27. The molecule has 0 atom stereocenters. The van der Waals surface area contributed by atoms with E-state index in [0.717, 1.165) is 32.5 Å². The number of hydrogen-bond acceptors (Lipinski definition) is 6. The Bertz CT molecular complexity index is 905. The zero-order valence-corrected chi connectivity index (χ0v) is 17.2. The summed E-state index contributed by atoms with van der Waals surface area (Å²) < 4.78 is 9.51. The van der Waals surface area contributed by atoms with Crippen molar-refractivity contribution in [1.82, 2.24) is 4.90 Å². The number of piperidine rings is 1. The topological polar surface area (TPSA) is 84.9 Å². The van der Waals surface area contributed by atoms with E-state index in [9.17, 15) is 14.4 Å². The zero-order valence-electron chi connectivity index (χ0n) is 17.2. The van der Waals surface area contributed by atoms with Crippen LogP contribution in [0.1, 0.15) is 39.1 Å². The molecule has 0 aromatic heterocycles. The lowest BCUT2D eigenvalue weighted by Gasteiger charge is -2.31. The van der Waals surface area contributed by atoms with Crippen LogP contribution in [-0.2, 0) is 20.8 Å². The number of methoxy groups -OCH3 is 2. The third-order valence-corrected chi connectivity index (χ3v) is 5.31.